The molecule has 1 aromatic heterocycles. The summed E-state index contributed by atoms with van der Waals surface area (Å²) < 4.78 is 1.77. The molecule has 0 saturated carbocycles. The summed E-state index contributed by atoms with van der Waals surface area (Å²) in [6.45, 7) is 6.43. The zero-order valence-corrected chi connectivity index (χ0v) is 14.7. The quantitative estimate of drug-likeness (QED) is 0.780. The van der Waals surface area contributed by atoms with Crippen molar-refractivity contribution in [1.82, 2.24) is 14.8 Å². The van der Waals surface area contributed by atoms with Gasteiger partial charge in [0.1, 0.15) is 5.15 Å². The van der Waals surface area contributed by atoms with Gasteiger partial charge < -0.3 is 0 Å². The molecule has 2 atom stereocenters. The third kappa shape index (κ3) is 3.27. The number of piperidine rings is 1. The number of halogens is 1. The molecular formula is C18H23ClN4. The Morgan fingerprint density at radius 2 is 1.83 bits per heavy atom. The fourth-order valence-electron chi connectivity index (χ4n) is 3.16. The number of hydrazone groups is 1. The maximum absolute atomic E-state index is 6.55. The van der Waals surface area contributed by atoms with Crippen molar-refractivity contribution in [3.05, 3.63) is 46.7 Å². The van der Waals surface area contributed by atoms with Crippen LogP contribution >= 0.6 is 11.6 Å². The van der Waals surface area contributed by atoms with Crippen LogP contribution in [0.15, 0.2) is 35.4 Å². The number of hydrogen-bond acceptors (Lipinski definition) is 3. The van der Waals surface area contributed by atoms with Crippen molar-refractivity contribution in [3.63, 3.8) is 0 Å². The molecule has 122 valence electrons. The second-order valence-corrected chi connectivity index (χ2v) is 6.65. The molecule has 3 rings (SSSR count). The molecular weight excluding hydrogens is 308 g/mol. The van der Waals surface area contributed by atoms with Crippen LogP contribution in [0, 0.1) is 6.92 Å². The first-order valence-electron chi connectivity index (χ1n) is 8.20. The van der Waals surface area contributed by atoms with Crippen molar-refractivity contribution in [3.8, 4) is 5.69 Å². The molecule has 23 heavy (non-hydrogen) atoms. The fraction of sp³-hybridized carbons (Fsp3) is 0.444. The van der Waals surface area contributed by atoms with E-state index in [1.807, 2.05) is 43.5 Å². The second-order valence-electron chi connectivity index (χ2n) is 6.29. The van der Waals surface area contributed by atoms with Gasteiger partial charge in [-0.25, -0.2) is 4.68 Å². The molecule has 5 heteroatoms. The molecule has 1 aliphatic rings. The Labute approximate surface area is 142 Å². The SMILES string of the molecule is Cc1nn(-c2ccccc2)c(Cl)c1C=NN1[C@H](C)CCC[C@@H]1C. The largest absolute Gasteiger partial charge is 0.292 e. The van der Waals surface area contributed by atoms with Crippen LogP contribution in [-0.4, -0.2) is 33.1 Å². The van der Waals surface area contributed by atoms with Gasteiger partial charge in [0.05, 0.1) is 23.2 Å². The topological polar surface area (TPSA) is 33.4 Å². The van der Waals surface area contributed by atoms with Gasteiger partial charge in [0, 0.05) is 12.1 Å². The van der Waals surface area contributed by atoms with Gasteiger partial charge in [-0.2, -0.15) is 10.2 Å². The number of benzene rings is 1. The first-order valence-corrected chi connectivity index (χ1v) is 8.58. The highest BCUT2D eigenvalue weighted by Gasteiger charge is 2.23. The summed E-state index contributed by atoms with van der Waals surface area (Å²) >= 11 is 6.55. The van der Waals surface area contributed by atoms with Crippen LogP contribution in [0.2, 0.25) is 5.15 Å². The number of aromatic nitrogens is 2. The highest BCUT2D eigenvalue weighted by Crippen LogP contribution is 2.25. The zero-order valence-electron chi connectivity index (χ0n) is 13.9. The second kappa shape index (κ2) is 6.75. The minimum absolute atomic E-state index is 0.471. The molecule has 0 unspecified atom stereocenters. The highest BCUT2D eigenvalue weighted by molar-refractivity contribution is 6.32. The van der Waals surface area contributed by atoms with Crippen molar-refractivity contribution in [2.45, 2.75) is 52.1 Å². The normalized spacial score (nSPS) is 22.0. The van der Waals surface area contributed by atoms with E-state index >= 15 is 0 Å². The van der Waals surface area contributed by atoms with Crippen LogP contribution in [0.1, 0.15) is 44.4 Å². The Kier molecular flexibility index (Phi) is 4.71. The van der Waals surface area contributed by atoms with Crippen molar-refractivity contribution >= 4 is 17.8 Å². The van der Waals surface area contributed by atoms with Gasteiger partial charge in [0.2, 0.25) is 0 Å². The van der Waals surface area contributed by atoms with Crippen molar-refractivity contribution < 1.29 is 0 Å². The lowest BCUT2D eigenvalue weighted by Crippen LogP contribution is -2.39. The molecule has 0 spiro atoms. The summed E-state index contributed by atoms with van der Waals surface area (Å²) in [4.78, 5) is 0. The lowest BCUT2D eigenvalue weighted by molar-refractivity contribution is 0.109. The average molecular weight is 331 g/mol. The van der Waals surface area contributed by atoms with Crippen molar-refractivity contribution in [2.24, 2.45) is 5.10 Å². The summed E-state index contributed by atoms with van der Waals surface area (Å²) in [5.74, 6) is 0. The molecule has 2 aromatic rings. The van der Waals surface area contributed by atoms with E-state index in [9.17, 15) is 0 Å². The van der Waals surface area contributed by atoms with E-state index in [0.29, 0.717) is 17.2 Å². The molecule has 4 nitrogen and oxygen atoms in total. The Bertz CT molecular complexity index is 683. The summed E-state index contributed by atoms with van der Waals surface area (Å²) in [7, 11) is 0. The van der Waals surface area contributed by atoms with Crippen LogP contribution in [0.4, 0.5) is 0 Å². The number of para-hydroxylation sites is 1. The van der Waals surface area contributed by atoms with Gasteiger partial charge in [-0.3, -0.25) is 5.01 Å². The minimum atomic E-state index is 0.471. The van der Waals surface area contributed by atoms with Gasteiger partial charge in [-0.1, -0.05) is 29.8 Å². The molecule has 1 fully saturated rings. The summed E-state index contributed by atoms with van der Waals surface area (Å²) in [6, 6.07) is 10.9. The van der Waals surface area contributed by atoms with E-state index in [4.69, 9.17) is 16.7 Å². The fourth-order valence-corrected chi connectivity index (χ4v) is 3.48. The number of rotatable bonds is 3. The minimum Gasteiger partial charge on any atom is -0.292 e. The Morgan fingerprint density at radius 1 is 1.17 bits per heavy atom. The predicted octanol–water partition coefficient (Wildman–Crippen LogP) is 4.43. The molecule has 1 saturated heterocycles. The first kappa shape index (κ1) is 16.1. The van der Waals surface area contributed by atoms with Gasteiger partial charge in [-0.05, 0) is 52.2 Å². The van der Waals surface area contributed by atoms with E-state index in [1.54, 1.807) is 4.68 Å². The van der Waals surface area contributed by atoms with E-state index in [0.717, 1.165) is 16.9 Å². The average Bonchev–Trinajstić information content (AvgIpc) is 2.83. The van der Waals surface area contributed by atoms with Gasteiger partial charge >= 0.3 is 0 Å². The standard InChI is InChI=1S/C18H23ClN4/c1-13-8-7-9-14(2)22(13)20-12-17-15(3)21-23(18(17)19)16-10-5-4-6-11-16/h4-6,10-14H,7-9H2,1-3H3/t13-,14+. The van der Waals surface area contributed by atoms with Crippen LogP contribution in [0.5, 0.6) is 0 Å². The zero-order chi connectivity index (χ0) is 16.4. The van der Waals surface area contributed by atoms with Gasteiger partial charge in [0.15, 0.2) is 0 Å². The molecule has 0 radical (unpaired) electrons. The van der Waals surface area contributed by atoms with Crippen molar-refractivity contribution in [1.29, 1.82) is 0 Å². The lowest BCUT2D eigenvalue weighted by Gasteiger charge is -2.36. The molecule has 0 N–H and O–H groups in total. The van der Waals surface area contributed by atoms with E-state index in [2.05, 4.69) is 24.0 Å². The third-order valence-corrected chi connectivity index (χ3v) is 4.88. The van der Waals surface area contributed by atoms with E-state index in [1.165, 1.54) is 19.3 Å². The van der Waals surface area contributed by atoms with Crippen LogP contribution in [-0.2, 0) is 0 Å². The molecule has 0 bridgehead atoms. The lowest BCUT2D eigenvalue weighted by atomic mass is 10.00. The number of nitrogens with zero attached hydrogens (tertiary/aromatic N) is 4. The third-order valence-electron chi connectivity index (χ3n) is 4.52. The van der Waals surface area contributed by atoms with E-state index < -0.39 is 0 Å². The first-order chi connectivity index (χ1) is 11.1. The molecule has 2 heterocycles. The molecule has 1 aromatic carbocycles. The smallest absolute Gasteiger partial charge is 0.142 e. The number of aryl methyl sites for hydroxylation is 1. The molecule has 0 aliphatic carbocycles. The van der Waals surface area contributed by atoms with Crippen LogP contribution in [0.25, 0.3) is 5.69 Å². The maximum Gasteiger partial charge on any atom is 0.142 e. The summed E-state index contributed by atoms with van der Waals surface area (Å²) in [5, 5.41) is 12.1. The van der Waals surface area contributed by atoms with Crippen LogP contribution in [0.3, 0.4) is 0 Å². The van der Waals surface area contributed by atoms with E-state index in [-0.39, 0.29) is 0 Å². The predicted molar refractivity (Wildman–Crippen MR) is 95.5 cm³/mol. The number of hydrogen-bond donors (Lipinski definition) is 0. The van der Waals surface area contributed by atoms with Crippen molar-refractivity contribution in [2.75, 3.05) is 0 Å². The van der Waals surface area contributed by atoms with Gasteiger partial charge in [-0.15, -0.1) is 0 Å². The Balaban J connectivity index is 1.89. The Hall–Kier alpha value is -1.81. The summed E-state index contributed by atoms with van der Waals surface area (Å²) in [5.41, 5.74) is 2.74. The van der Waals surface area contributed by atoms with Gasteiger partial charge in [0.25, 0.3) is 0 Å². The maximum atomic E-state index is 6.55. The highest BCUT2D eigenvalue weighted by atomic mass is 35.5. The summed E-state index contributed by atoms with van der Waals surface area (Å²) in [6.07, 6.45) is 5.53. The molecule has 1 aliphatic heterocycles. The van der Waals surface area contributed by atoms with Crippen LogP contribution < -0.4 is 0 Å². The monoisotopic (exact) mass is 330 g/mol. The Morgan fingerprint density at radius 3 is 2.48 bits per heavy atom. The molecule has 0 amide bonds.